The summed E-state index contributed by atoms with van der Waals surface area (Å²) in [6.45, 7) is 8.00. The Morgan fingerprint density at radius 2 is 1.68 bits per heavy atom. The number of nitrogens with one attached hydrogen (secondary N) is 1. The van der Waals surface area contributed by atoms with Crippen LogP contribution >= 0.6 is 0 Å². The highest BCUT2D eigenvalue weighted by Gasteiger charge is 2.25. The number of benzene rings is 1. The molecule has 1 N–H and O–H groups in total. The summed E-state index contributed by atoms with van der Waals surface area (Å²) >= 11 is 0. The van der Waals surface area contributed by atoms with Crippen LogP contribution < -0.4 is 5.32 Å². The molecular formula is C18H31N3O. The van der Waals surface area contributed by atoms with Gasteiger partial charge in [-0.05, 0) is 46.1 Å². The first-order valence-corrected chi connectivity index (χ1v) is 7.78. The normalized spacial score (nSPS) is 13.5. The van der Waals surface area contributed by atoms with Gasteiger partial charge in [-0.25, -0.2) is 0 Å². The van der Waals surface area contributed by atoms with Gasteiger partial charge in [0.15, 0.2) is 0 Å². The van der Waals surface area contributed by atoms with Crippen molar-refractivity contribution >= 4 is 5.91 Å². The zero-order valence-electron chi connectivity index (χ0n) is 15.1. The molecule has 0 saturated heterocycles. The maximum Gasteiger partial charge on any atom is 0.241 e. The number of likely N-dealkylation sites (N-methyl/N-ethyl adjacent to an activating group) is 1. The topological polar surface area (TPSA) is 35.6 Å². The van der Waals surface area contributed by atoms with Gasteiger partial charge in [0.05, 0.1) is 0 Å². The summed E-state index contributed by atoms with van der Waals surface area (Å²) in [5.74, 6) is 0.0562. The largest absolute Gasteiger partial charge is 0.354 e. The molecule has 0 aliphatic heterocycles. The summed E-state index contributed by atoms with van der Waals surface area (Å²) in [6.07, 6.45) is 0. The molecule has 1 unspecified atom stereocenters. The second-order valence-electron chi connectivity index (χ2n) is 7.40. The highest BCUT2D eigenvalue weighted by molar-refractivity contribution is 5.83. The molecule has 0 aliphatic rings. The van der Waals surface area contributed by atoms with Crippen molar-refractivity contribution in [3.05, 3.63) is 35.4 Å². The number of carbonyl (C=O) groups excluding carboxylic acids is 1. The summed E-state index contributed by atoms with van der Waals surface area (Å²) < 4.78 is 0. The molecule has 0 aliphatic carbocycles. The van der Waals surface area contributed by atoms with Gasteiger partial charge in [0.2, 0.25) is 5.91 Å². The number of hydrogen-bond acceptors (Lipinski definition) is 3. The summed E-state index contributed by atoms with van der Waals surface area (Å²) in [5, 5.41) is 3.12. The smallest absolute Gasteiger partial charge is 0.241 e. The fourth-order valence-electron chi connectivity index (χ4n) is 2.77. The fraction of sp³-hybridized carbons (Fsp3) is 0.611. The second-order valence-corrected chi connectivity index (χ2v) is 7.40. The molecule has 0 spiro atoms. The minimum absolute atomic E-state index is 0.0449. The van der Waals surface area contributed by atoms with Crippen molar-refractivity contribution in [1.29, 1.82) is 0 Å². The minimum Gasteiger partial charge on any atom is -0.354 e. The van der Waals surface area contributed by atoms with Crippen LogP contribution in [-0.2, 0) is 4.79 Å². The third-order valence-corrected chi connectivity index (χ3v) is 3.64. The van der Waals surface area contributed by atoms with Gasteiger partial charge in [0.1, 0.15) is 6.04 Å². The van der Waals surface area contributed by atoms with Crippen LogP contribution in [0.1, 0.15) is 31.0 Å². The lowest BCUT2D eigenvalue weighted by molar-refractivity contribution is -0.126. The molecule has 0 aromatic heterocycles. The Bertz CT molecular complexity index is 478. The lowest BCUT2D eigenvalue weighted by Gasteiger charge is -2.30. The molecule has 1 rings (SSSR count). The summed E-state index contributed by atoms with van der Waals surface area (Å²) in [6, 6.07) is 7.91. The molecule has 1 aromatic rings. The van der Waals surface area contributed by atoms with Crippen molar-refractivity contribution in [2.45, 2.75) is 26.8 Å². The third-order valence-electron chi connectivity index (χ3n) is 3.64. The number of rotatable bonds is 7. The monoisotopic (exact) mass is 305 g/mol. The molecule has 0 heterocycles. The van der Waals surface area contributed by atoms with E-state index in [1.807, 2.05) is 31.1 Å². The average Bonchev–Trinajstić information content (AvgIpc) is 2.37. The SMILES string of the molecule is Cc1ccc(C(C(=O)NCC(C)(C)CN(C)C)N(C)C)cc1. The number of amides is 1. The van der Waals surface area contributed by atoms with E-state index in [1.54, 1.807) is 0 Å². The van der Waals surface area contributed by atoms with E-state index >= 15 is 0 Å². The first-order valence-electron chi connectivity index (χ1n) is 7.78. The van der Waals surface area contributed by atoms with Crippen LogP contribution in [0.25, 0.3) is 0 Å². The molecule has 4 heteroatoms. The predicted molar refractivity (Wildman–Crippen MR) is 93.0 cm³/mol. The third kappa shape index (κ3) is 5.78. The number of nitrogens with zero attached hydrogens (tertiary/aromatic N) is 2. The summed E-state index contributed by atoms with van der Waals surface area (Å²) in [5.41, 5.74) is 2.27. The zero-order valence-corrected chi connectivity index (χ0v) is 15.1. The van der Waals surface area contributed by atoms with Gasteiger partial charge in [-0.2, -0.15) is 0 Å². The number of aryl methyl sites for hydroxylation is 1. The molecule has 1 aromatic carbocycles. The van der Waals surface area contributed by atoms with E-state index in [1.165, 1.54) is 5.56 Å². The molecule has 0 bridgehead atoms. The van der Waals surface area contributed by atoms with Gasteiger partial charge in [-0.15, -0.1) is 0 Å². The second kappa shape index (κ2) is 7.75. The molecule has 4 nitrogen and oxygen atoms in total. The van der Waals surface area contributed by atoms with Gasteiger partial charge in [0, 0.05) is 13.1 Å². The number of hydrogen-bond donors (Lipinski definition) is 1. The van der Waals surface area contributed by atoms with Crippen LogP contribution in [-0.4, -0.2) is 57.0 Å². The van der Waals surface area contributed by atoms with Crippen molar-refractivity contribution in [3.8, 4) is 0 Å². The molecule has 22 heavy (non-hydrogen) atoms. The molecular weight excluding hydrogens is 274 g/mol. The van der Waals surface area contributed by atoms with Crippen LogP contribution in [0.5, 0.6) is 0 Å². The van der Waals surface area contributed by atoms with E-state index in [0.29, 0.717) is 6.54 Å². The first kappa shape index (κ1) is 18.7. The van der Waals surface area contributed by atoms with Crippen LogP contribution in [0, 0.1) is 12.3 Å². The van der Waals surface area contributed by atoms with Gasteiger partial charge >= 0.3 is 0 Å². The molecule has 0 saturated carbocycles. The lowest BCUT2D eigenvalue weighted by atomic mass is 9.92. The van der Waals surface area contributed by atoms with E-state index in [9.17, 15) is 4.79 Å². The Morgan fingerprint density at radius 1 is 1.14 bits per heavy atom. The zero-order chi connectivity index (χ0) is 16.9. The Kier molecular flexibility index (Phi) is 6.57. The number of carbonyl (C=O) groups is 1. The highest BCUT2D eigenvalue weighted by Crippen LogP contribution is 2.20. The van der Waals surface area contributed by atoms with Crippen molar-refractivity contribution in [1.82, 2.24) is 15.1 Å². The highest BCUT2D eigenvalue weighted by atomic mass is 16.2. The maximum absolute atomic E-state index is 12.6. The Hall–Kier alpha value is -1.39. The Balaban J connectivity index is 2.76. The van der Waals surface area contributed by atoms with E-state index in [-0.39, 0.29) is 17.4 Å². The van der Waals surface area contributed by atoms with Crippen molar-refractivity contribution < 1.29 is 4.79 Å². The van der Waals surface area contributed by atoms with E-state index in [4.69, 9.17) is 0 Å². The first-order chi connectivity index (χ1) is 10.1. The van der Waals surface area contributed by atoms with Crippen molar-refractivity contribution in [3.63, 3.8) is 0 Å². The van der Waals surface area contributed by atoms with Gasteiger partial charge in [-0.1, -0.05) is 43.7 Å². The summed E-state index contributed by atoms with van der Waals surface area (Å²) in [4.78, 5) is 16.7. The molecule has 0 radical (unpaired) electrons. The minimum atomic E-state index is -0.254. The quantitative estimate of drug-likeness (QED) is 0.839. The van der Waals surface area contributed by atoms with Crippen LogP contribution in [0.3, 0.4) is 0 Å². The fourth-order valence-corrected chi connectivity index (χ4v) is 2.77. The van der Waals surface area contributed by atoms with E-state index in [2.05, 4.69) is 57.2 Å². The van der Waals surface area contributed by atoms with Crippen LogP contribution in [0.2, 0.25) is 0 Å². The van der Waals surface area contributed by atoms with Crippen molar-refractivity contribution in [2.24, 2.45) is 5.41 Å². The van der Waals surface area contributed by atoms with Gasteiger partial charge in [-0.3, -0.25) is 9.69 Å². The van der Waals surface area contributed by atoms with Gasteiger partial charge < -0.3 is 10.2 Å². The van der Waals surface area contributed by atoms with Crippen LogP contribution in [0.15, 0.2) is 24.3 Å². The van der Waals surface area contributed by atoms with Crippen LogP contribution in [0.4, 0.5) is 0 Å². The molecule has 1 amide bonds. The lowest BCUT2D eigenvalue weighted by Crippen LogP contribution is -2.44. The van der Waals surface area contributed by atoms with E-state index in [0.717, 1.165) is 12.1 Å². The standard InChI is InChI=1S/C18H31N3O/c1-14-8-10-15(11-9-14)16(21(6)7)17(22)19-12-18(2,3)13-20(4)5/h8-11,16H,12-13H2,1-7H3,(H,19,22). The molecule has 124 valence electrons. The maximum atomic E-state index is 12.6. The van der Waals surface area contributed by atoms with E-state index < -0.39 is 0 Å². The van der Waals surface area contributed by atoms with Gasteiger partial charge in [0.25, 0.3) is 0 Å². The average molecular weight is 305 g/mol. The predicted octanol–water partition coefficient (Wildman–Crippen LogP) is 2.30. The molecule has 0 fully saturated rings. The Morgan fingerprint density at radius 3 is 2.14 bits per heavy atom. The van der Waals surface area contributed by atoms with Crippen molar-refractivity contribution in [2.75, 3.05) is 41.3 Å². The Labute approximate surface area is 135 Å². The summed E-state index contributed by atoms with van der Waals surface area (Å²) in [7, 11) is 7.99. The molecule has 1 atom stereocenters.